The van der Waals surface area contributed by atoms with Crippen molar-refractivity contribution in [3.63, 3.8) is 0 Å². The van der Waals surface area contributed by atoms with Crippen LogP contribution >= 0.6 is 27.3 Å². The van der Waals surface area contributed by atoms with Gasteiger partial charge in [-0.2, -0.15) is 5.10 Å². The molecule has 0 radical (unpaired) electrons. The number of rotatable bonds is 7. The molecule has 0 spiro atoms. The van der Waals surface area contributed by atoms with E-state index in [9.17, 15) is 18.0 Å². The van der Waals surface area contributed by atoms with Gasteiger partial charge in [0.25, 0.3) is 15.6 Å². The summed E-state index contributed by atoms with van der Waals surface area (Å²) in [7, 11) is -3.79. The van der Waals surface area contributed by atoms with Gasteiger partial charge in [0.1, 0.15) is 6.54 Å². The topological polar surface area (TPSA) is 123 Å². The Morgan fingerprint density at radius 1 is 1.03 bits per heavy atom. The summed E-state index contributed by atoms with van der Waals surface area (Å²) in [6, 6.07) is 16.0. The molecule has 1 amide bonds. The fraction of sp³-hybridized carbons (Fsp3) is 0.0476. The molecule has 168 valence electrons. The van der Waals surface area contributed by atoms with Crippen molar-refractivity contribution in [1.29, 1.82) is 0 Å². The molecular formula is C21H16BrN5O4S2. The molecule has 0 unspecified atom stereocenters. The van der Waals surface area contributed by atoms with Gasteiger partial charge >= 0.3 is 0 Å². The molecule has 2 aromatic heterocycles. The van der Waals surface area contributed by atoms with Crippen molar-refractivity contribution < 1.29 is 13.2 Å². The van der Waals surface area contributed by atoms with Crippen LogP contribution in [-0.4, -0.2) is 29.1 Å². The van der Waals surface area contributed by atoms with E-state index in [0.717, 1.165) is 26.1 Å². The van der Waals surface area contributed by atoms with Crippen LogP contribution in [-0.2, 0) is 21.4 Å². The van der Waals surface area contributed by atoms with Crippen LogP contribution in [0, 0.1) is 0 Å². The minimum absolute atomic E-state index is 0.0239. The van der Waals surface area contributed by atoms with E-state index in [1.54, 1.807) is 11.4 Å². The quantitative estimate of drug-likeness (QED) is 0.366. The highest BCUT2D eigenvalue weighted by atomic mass is 79.9. The third-order valence-corrected chi connectivity index (χ3v) is 7.10. The van der Waals surface area contributed by atoms with Crippen LogP contribution in [0.25, 0.3) is 11.3 Å². The molecule has 4 rings (SSSR count). The number of halogens is 1. The van der Waals surface area contributed by atoms with Crippen molar-refractivity contribution in [2.24, 2.45) is 0 Å². The van der Waals surface area contributed by atoms with Crippen LogP contribution in [0.15, 0.2) is 86.4 Å². The molecule has 2 N–H and O–H groups in total. The van der Waals surface area contributed by atoms with E-state index in [2.05, 4.69) is 36.1 Å². The van der Waals surface area contributed by atoms with E-state index >= 15 is 0 Å². The summed E-state index contributed by atoms with van der Waals surface area (Å²) in [5.74, 6) is -0.478. The second-order valence-electron chi connectivity index (χ2n) is 6.74. The molecule has 0 fully saturated rings. The van der Waals surface area contributed by atoms with Gasteiger partial charge in [0, 0.05) is 33.4 Å². The van der Waals surface area contributed by atoms with E-state index in [0.29, 0.717) is 11.4 Å². The van der Waals surface area contributed by atoms with Crippen LogP contribution in [0.1, 0.15) is 0 Å². The number of carbonyl (C=O) groups excluding carboxylic acids is 1. The van der Waals surface area contributed by atoms with E-state index in [1.165, 1.54) is 36.5 Å². The predicted molar refractivity (Wildman–Crippen MR) is 130 cm³/mol. The monoisotopic (exact) mass is 545 g/mol. The lowest BCUT2D eigenvalue weighted by Gasteiger charge is -2.09. The number of nitrogens with zero attached hydrogens (tertiary/aromatic N) is 3. The first-order chi connectivity index (χ1) is 15.8. The van der Waals surface area contributed by atoms with E-state index in [-0.39, 0.29) is 16.6 Å². The summed E-state index contributed by atoms with van der Waals surface area (Å²) in [6.07, 6.45) is 1.50. The van der Waals surface area contributed by atoms with Crippen molar-refractivity contribution in [2.75, 3.05) is 10.0 Å². The lowest BCUT2D eigenvalue weighted by atomic mass is 10.1. The number of aromatic nitrogens is 3. The van der Waals surface area contributed by atoms with Crippen molar-refractivity contribution >= 4 is 54.0 Å². The molecule has 0 aliphatic heterocycles. The number of sulfonamides is 1. The van der Waals surface area contributed by atoms with Gasteiger partial charge in [0.15, 0.2) is 5.13 Å². The third kappa shape index (κ3) is 5.72. The first kappa shape index (κ1) is 22.8. The maximum Gasteiger partial charge on any atom is 0.267 e. The van der Waals surface area contributed by atoms with Gasteiger partial charge in [0.05, 0.1) is 10.6 Å². The summed E-state index contributed by atoms with van der Waals surface area (Å²) >= 11 is 4.53. The number of hydrogen-bond acceptors (Lipinski definition) is 7. The van der Waals surface area contributed by atoms with Crippen molar-refractivity contribution in [2.45, 2.75) is 11.4 Å². The second-order valence-corrected chi connectivity index (χ2v) is 10.2. The number of nitrogens with one attached hydrogen (secondary N) is 2. The first-order valence-corrected chi connectivity index (χ1v) is 12.6. The Labute approximate surface area is 201 Å². The summed E-state index contributed by atoms with van der Waals surface area (Å²) in [5.41, 5.74) is 1.32. The van der Waals surface area contributed by atoms with Crippen molar-refractivity contribution in [3.05, 3.63) is 87.1 Å². The Balaban J connectivity index is 1.44. The van der Waals surface area contributed by atoms with Crippen LogP contribution in [0.5, 0.6) is 0 Å². The summed E-state index contributed by atoms with van der Waals surface area (Å²) in [4.78, 5) is 28.6. The lowest BCUT2D eigenvalue weighted by molar-refractivity contribution is -0.117. The van der Waals surface area contributed by atoms with Gasteiger partial charge in [0.2, 0.25) is 5.91 Å². The molecule has 33 heavy (non-hydrogen) atoms. The minimum atomic E-state index is -3.79. The molecule has 12 heteroatoms. The molecule has 0 saturated carbocycles. The smallest absolute Gasteiger partial charge is 0.267 e. The lowest BCUT2D eigenvalue weighted by Crippen LogP contribution is -2.29. The number of thiazole rings is 1. The number of carbonyl (C=O) groups is 1. The SMILES string of the molecule is O=C(Cn1nc(-c2ccc(Br)cc2)ccc1=O)Nc1ccc(S(=O)(=O)Nc2nccs2)cc1. The van der Waals surface area contributed by atoms with Crippen LogP contribution in [0.2, 0.25) is 0 Å². The first-order valence-electron chi connectivity index (χ1n) is 9.46. The van der Waals surface area contributed by atoms with Crippen LogP contribution in [0.3, 0.4) is 0 Å². The molecule has 2 heterocycles. The third-order valence-electron chi connectivity index (χ3n) is 4.40. The fourth-order valence-electron chi connectivity index (χ4n) is 2.84. The van der Waals surface area contributed by atoms with Gasteiger partial charge in [-0.1, -0.05) is 28.1 Å². The molecular weight excluding hydrogens is 530 g/mol. The van der Waals surface area contributed by atoms with Crippen molar-refractivity contribution in [1.82, 2.24) is 14.8 Å². The zero-order valence-electron chi connectivity index (χ0n) is 16.8. The average molecular weight is 546 g/mol. The Hall–Kier alpha value is -3.35. The van der Waals surface area contributed by atoms with Gasteiger partial charge in [-0.25, -0.2) is 18.1 Å². The zero-order chi connectivity index (χ0) is 23.4. The van der Waals surface area contributed by atoms with E-state index < -0.39 is 21.5 Å². The maximum atomic E-state index is 12.5. The normalized spacial score (nSPS) is 11.2. The Morgan fingerprint density at radius 3 is 2.42 bits per heavy atom. The van der Waals surface area contributed by atoms with Gasteiger partial charge < -0.3 is 5.32 Å². The fourth-order valence-corrected chi connectivity index (χ4v) is 4.89. The van der Waals surface area contributed by atoms with E-state index in [4.69, 9.17) is 0 Å². The minimum Gasteiger partial charge on any atom is -0.324 e. The molecule has 0 aliphatic rings. The highest BCUT2D eigenvalue weighted by Crippen LogP contribution is 2.20. The molecule has 9 nitrogen and oxygen atoms in total. The van der Waals surface area contributed by atoms with Gasteiger partial charge in [-0.3, -0.25) is 14.3 Å². The second kappa shape index (κ2) is 9.65. The highest BCUT2D eigenvalue weighted by molar-refractivity contribution is 9.10. The zero-order valence-corrected chi connectivity index (χ0v) is 20.0. The summed E-state index contributed by atoms with van der Waals surface area (Å²) < 4.78 is 29.2. The largest absolute Gasteiger partial charge is 0.324 e. The summed E-state index contributed by atoms with van der Waals surface area (Å²) in [5, 5.41) is 8.83. The Kier molecular flexibility index (Phi) is 6.67. The van der Waals surface area contributed by atoms with Crippen LogP contribution in [0.4, 0.5) is 10.8 Å². The number of hydrogen-bond donors (Lipinski definition) is 2. The van der Waals surface area contributed by atoms with Crippen LogP contribution < -0.4 is 15.6 Å². The standard InChI is InChI=1S/C21H16BrN5O4S2/c22-15-3-1-14(2-4-15)18-9-10-20(29)27(25-18)13-19(28)24-16-5-7-17(8-6-16)33(30,31)26-21-23-11-12-32-21/h1-12H,13H2,(H,23,26)(H,24,28). The summed E-state index contributed by atoms with van der Waals surface area (Å²) in [6.45, 7) is -0.297. The predicted octanol–water partition coefficient (Wildman–Crippen LogP) is 3.57. The number of amides is 1. The molecule has 2 aromatic carbocycles. The molecule has 0 atom stereocenters. The molecule has 0 aliphatic carbocycles. The molecule has 0 bridgehead atoms. The number of anilines is 2. The van der Waals surface area contributed by atoms with Gasteiger partial charge in [-0.15, -0.1) is 11.3 Å². The maximum absolute atomic E-state index is 12.5. The average Bonchev–Trinajstić information content (AvgIpc) is 3.28. The molecule has 4 aromatic rings. The van der Waals surface area contributed by atoms with Crippen molar-refractivity contribution in [3.8, 4) is 11.3 Å². The number of benzene rings is 2. The highest BCUT2D eigenvalue weighted by Gasteiger charge is 2.16. The molecule has 0 saturated heterocycles. The van der Waals surface area contributed by atoms with E-state index in [1.807, 2.05) is 24.3 Å². The Morgan fingerprint density at radius 2 is 1.76 bits per heavy atom. The Bertz CT molecular complexity index is 1440. The van der Waals surface area contributed by atoms with Gasteiger partial charge in [-0.05, 0) is 42.5 Å².